The highest BCUT2D eigenvalue weighted by atomic mass is 16.5. The molecule has 1 radical (unpaired) electrons. The van der Waals surface area contributed by atoms with E-state index in [-0.39, 0.29) is 0 Å². The van der Waals surface area contributed by atoms with Crippen LogP contribution >= 0.6 is 0 Å². The van der Waals surface area contributed by atoms with Crippen LogP contribution in [0, 0.1) is 6.67 Å². The summed E-state index contributed by atoms with van der Waals surface area (Å²) in [6.07, 6.45) is 0. The first kappa shape index (κ1) is 7.98. The summed E-state index contributed by atoms with van der Waals surface area (Å²) in [7, 11) is 4.07. The Balaban J connectivity index is 2.13. The van der Waals surface area contributed by atoms with E-state index in [1.807, 2.05) is 14.1 Å². The Labute approximate surface area is 62.6 Å². The molecule has 1 aliphatic heterocycles. The number of morpholine rings is 1. The molecule has 0 bridgehead atoms. The van der Waals surface area contributed by atoms with Gasteiger partial charge < -0.3 is 4.74 Å². The zero-order valence-corrected chi connectivity index (χ0v) is 6.71. The van der Waals surface area contributed by atoms with Crippen LogP contribution in [-0.4, -0.2) is 50.2 Å². The summed E-state index contributed by atoms with van der Waals surface area (Å²) < 4.78 is 5.20. The third-order valence-electron chi connectivity index (χ3n) is 1.44. The second-order valence-corrected chi connectivity index (χ2v) is 2.73. The third kappa shape index (κ3) is 2.64. The van der Waals surface area contributed by atoms with Crippen molar-refractivity contribution in [1.29, 1.82) is 0 Å². The molecule has 0 atom stereocenters. The number of hydrogen-bond donors (Lipinski definition) is 0. The summed E-state index contributed by atoms with van der Waals surface area (Å²) >= 11 is 0. The fourth-order valence-corrected chi connectivity index (χ4v) is 1.02. The lowest BCUT2D eigenvalue weighted by Crippen LogP contribution is -2.37. The molecule has 0 aromatic carbocycles. The van der Waals surface area contributed by atoms with Crippen molar-refractivity contribution in [2.24, 2.45) is 0 Å². The SMILES string of the molecule is CN(C)[CH]N1CCOCC1. The minimum absolute atomic E-state index is 0.865. The predicted octanol–water partition coefficient (Wildman–Crippen LogP) is -0.000510. The van der Waals surface area contributed by atoms with Crippen LogP contribution in [0.15, 0.2) is 0 Å². The largest absolute Gasteiger partial charge is 0.379 e. The van der Waals surface area contributed by atoms with Crippen LogP contribution in [0.25, 0.3) is 0 Å². The van der Waals surface area contributed by atoms with E-state index < -0.39 is 0 Å². The minimum atomic E-state index is 0.865. The Morgan fingerprint density at radius 2 is 1.90 bits per heavy atom. The molecule has 1 fully saturated rings. The first-order valence-corrected chi connectivity index (χ1v) is 3.62. The highest BCUT2D eigenvalue weighted by Gasteiger charge is 2.10. The van der Waals surface area contributed by atoms with Crippen molar-refractivity contribution in [3.05, 3.63) is 6.67 Å². The van der Waals surface area contributed by atoms with Gasteiger partial charge in [0.2, 0.25) is 0 Å². The number of nitrogens with zero attached hydrogens (tertiary/aromatic N) is 2. The summed E-state index contributed by atoms with van der Waals surface area (Å²) in [4.78, 5) is 4.33. The minimum Gasteiger partial charge on any atom is -0.379 e. The summed E-state index contributed by atoms with van der Waals surface area (Å²) in [5.41, 5.74) is 0. The molecule has 1 aliphatic rings. The Morgan fingerprint density at radius 3 is 2.40 bits per heavy atom. The van der Waals surface area contributed by atoms with Crippen LogP contribution in [0.4, 0.5) is 0 Å². The fourth-order valence-electron chi connectivity index (χ4n) is 1.02. The molecule has 59 valence electrons. The monoisotopic (exact) mass is 143 g/mol. The van der Waals surface area contributed by atoms with Crippen LogP contribution in [0.1, 0.15) is 0 Å². The number of ether oxygens (including phenoxy) is 1. The molecule has 0 aromatic rings. The van der Waals surface area contributed by atoms with Crippen LogP contribution in [0.5, 0.6) is 0 Å². The lowest BCUT2D eigenvalue weighted by molar-refractivity contribution is 0.0391. The van der Waals surface area contributed by atoms with Gasteiger partial charge in [-0.05, 0) is 14.1 Å². The molecule has 0 spiro atoms. The van der Waals surface area contributed by atoms with Gasteiger partial charge in [0.25, 0.3) is 0 Å². The molecule has 0 N–H and O–H groups in total. The molecule has 1 rings (SSSR count). The van der Waals surface area contributed by atoms with Gasteiger partial charge >= 0.3 is 0 Å². The average Bonchev–Trinajstić information content (AvgIpc) is 1.88. The van der Waals surface area contributed by atoms with Gasteiger partial charge in [-0.2, -0.15) is 0 Å². The maximum Gasteiger partial charge on any atom is 0.0917 e. The van der Waals surface area contributed by atoms with Crippen molar-refractivity contribution in [1.82, 2.24) is 9.80 Å². The van der Waals surface area contributed by atoms with Gasteiger partial charge in [-0.25, -0.2) is 0 Å². The van der Waals surface area contributed by atoms with Crippen LogP contribution in [0.3, 0.4) is 0 Å². The van der Waals surface area contributed by atoms with Crippen molar-refractivity contribution in [3.63, 3.8) is 0 Å². The third-order valence-corrected chi connectivity index (χ3v) is 1.44. The Hall–Kier alpha value is -0.120. The van der Waals surface area contributed by atoms with E-state index in [1.54, 1.807) is 0 Å². The molecular weight excluding hydrogens is 128 g/mol. The first-order valence-electron chi connectivity index (χ1n) is 3.62. The predicted molar refractivity (Wildman–Crippen MR) is 40.4 cm³/mol. The normalized spacial score (nSPS) is 21.9. The maximum absolute atomic E-state index is 5.20. The van der Waals surface area contributed by atoms with Gasteiger partial charge in [0.1, 0.15) is 0 Å². The van der Waals surface area contributed by atoms with E-state index in [9.17, 15) is 0 Å². The van der Waals surface area contributed by atoms with E-state index >= 15 is 0 Å². The van der Waals surface area contributed by atoms with Gasteiger partial charge in [-0.15, -0.1) is 0 Å². The molecule has 0 aliphatic carbocycles. The van der Waals surface area contributed by atoms with E-state index in [1.165, 1.54) is 0 Å². The highest BCUT2D eigenvalue weighted by molar-refractivity contribution is 4.68. The quantitative estimate of drug-likeness (QED) is 0.541. The topological polar surface area (TPSA) is 15.7 Å². The smallest absolute Gasteiger partial charge is 0.0917 e. The molecule has 3 nitrogen and oxygen atoms in total. The molecule has 3 heteroatoms. The lowest BCUT2D eigenvalue weighted by Gasteiger charge is -2.28. The number of hydrogen-bond acceptors (Lipinski definition) is 3. The molecule has 0 aromatic heterocycles. The van der Waals surface area contributed by atoms with Gasteiger partial charge in [0, 0.05) is 13.1 Å². The second kappa shape index (κ2) is 3.91. The van der Waals surface area contributed by atoms with E-state index in [2.05, 4.69) is 16.5 Å². The molecule has 1 saturated heterocycles. The zero-order chi connectivity index (χ0) is 7.40. The van der Waals surface area contributed by atoms with Crippen molar-refractivity contribution < 1.29 is 4.74 Å². The van der Waals surface area contributed by atoms with E-state index in [4.69, 9.17) is 4.74 Å². The summed E-state index contributed by atoms with van der Waals surface area (Å²) in [6, 6.07) is 0. The molecule has 0 unspecified atom stereocenters. The highest BCUT2D eigenvalue weighted by Crippen LogP contribution is 1.99. The van der Waals surface area contributed by atoms with Crippen molar-refractivity contribution in [2.45, 2.75) is 0 Å². The first-order chi connectivity index (χ1) is 4.79. The van der Waals surface area contributed by atoms with Crippen LogP contribution < -0.4 is 0 Å². The van der Waals surface area contributed by atoms with Gasteiger partial charge in [-0.1, -0.05) is 0 Å². The molecule has 10 heavy (non-hydrogen) atoms. The fraction of sp³-hybridized carbons (Fsp3) is 0.857. The summed E-state index contributed by atoms with van der Waals surface area (Å²) in [6.45, 7) is 5.90. The second-order valence-electron chi connectivity index (χ2n) is 2.73. The zero-order valence-electron chi connectivity index (χ0n) is 6.71. The lowest BCUT2D eigenvalue weighted by atomic mass is 10.4. The average molecular weight is 143 g/mol. The molecular formula is C7H15N2O. The number of rotatable bonds is 2. The Morgan fingerprint density at radius 1 is 1.30 bits per heavy atom. The Kier molecular flexibility index (Phi) is 3.12. The van der Waals surface area contributed by atoms with Gasteiger partial charge in [-0.3, -0.25) is 9.80 Å². The van der Waals surface area contributed by atoms with E-state index in [0.717, 1.165) is 26.3 Å². The van der Waals surface area contributed by atoms with Crippen LogP contribution in [0.2, 0.25) is 0 Å². The molecule has 1 heterocycles. The van der Waals surface area contributed by atoms with Gasteiger partial charge in [0.05, 0.1) is 19.9 Å². The molecule has 0 saturated carbocycles. The standard InChI is InChI=1S/C7H15N2O/c1-8(2)7-9-3-5-10-6-4-9/h7H,3-6H2,1-2H3. The van der Waals surface area contributed by atoms with Gasteiger partial charge in [0.15, 0.2) is 0 Å². The summed E-state index contributed by atoms with van der Waals surface area (Å²) in [5.74, 6) is 0. The van der Waals surface area contributed by atoms with E-state index in [0.29, 0.717) is 0 Å². The van der Waals surface area contributed by atoms with Crippen LogP contribution in [-0.2, 0) is 4.74 Å². The molecule has 0 amide bonds. The van der Waals surface area contributed by atoms with Crippen molar-refractivity contribution in [3.8, 4) is 0 Å². The maximum atomic E-state index is 5.20. The van der Waals surface area contributed by atoms with Crippen molar-refractivity contribution in [2.75, 3.05) is 40.4 Å². The summed E-state index contributed by atoms with van der Waals surface area (Å²) in [5, 5.41) is 0. The van der Waals surface area contributed by atoms with Crippen molar-refractivity contribution >= 4 is 0 Å². The Bertz CT molecular complexity index is 89.6.